The van der Waals surface area contributed by atoms with Crippen LogP contribution in [0.15, 0.2) is 48.8 Å². The van der Waals surface area contributed by atoms with Crippen LogP contribution in [0.5, 0.6) is 5.75 Å². The minimum Gasteiger partial charge on any atom is -0.406 e. The second-order valence-corrected chi connectivity index (χ2v) is 7.17. The molecular weight excluding hydrogens is 427 g/mol. The molecule has 0 bridgehead atoms. The van der Waals surface area contributed by atoms with Crippen molar-refractivity contribution in [2.24, 2.45) is 5.73 Å². The normalized spacial score (nSPS) is 12.4. The van der Waals surface area contributed by atoms with Gasteiger partial charge in [0, 0.05) is 24.5 Å². The maximum atomic E-state index is 12.9. The van der Waals surface area contributed by atoms with Crippen LogP contribution in [0, 0.1) is 0 Å². The predicted molar refractivity (Wildman–Crippen MR) is 111 cm³/mol. The summed E-state index contributed by atoms with van der Waals surface area (Å²) in [5.41, 5.74) is 7.26. The molecule has 3 rings (SSSR count). The first-order chi connectivity index (χ1) is 15.1. The van der Waals surface area contributed by atoms with Gasteiger partial charge >= 0.3 is 12.4 Å². The largest absolute Gasteiger partial charge is 0.573 e. The Bertz CT molecular complexity index is 1110. The number of benzene rings is 1. The number of urea groups is 1. The van der Waals surface area contributed by atoms with Crippen LogP contribution < -0.4 is 15.8 Å². The lowest BCUT2D eigenvalue weighted by Gasteiger charge is -2.29. The summed E-state index contributed by atoms with van der Waals surface area (Å²) in [4.78, 5) is 26.1. The van der Waals surface area contributed by atoms with Crippen molar-refractivity contribution in [3.05, 3.63) is 59.9 Å². The molecule has 0 unspecified atom stereocenters. The zero-order valence-corrected chi connectivity index (χ0v) is 17.4. The molecule has 1 atom stereocenters. The smallest absolute Gasteiger partial charge is 0.406 e. The van der Waals surface area contributed by atoms with E-state index in [0.717, 1.165) is 17.7 Å². The molecule has 8 nitrogen and oxygen atoms in total. The average Bonchev–Trinajstić information content (AvgIpc) is 3.15. The van der Waals surface area contributed by atoms with Gasteiger partial charge in [0.1, 0.15) is 5.75 Å². The van der Waals surface area contributed by atoms with Crippen LogP contribution >= 0.6 is 0 Å². The molecule has 0 saturated carbocycles. The van der Waals surface area contributed by atoms with Gasteiger partial charge in [-0.15, -0.1) is 13.2 Å². The van der Waals surface area contributed by atoms with Crippen LogP contribution in [0.3, 0.4) is 0 Å². The minimum atomic E-state index is -4.79. The van der Waals surface area contributed by atoms with Gasteiger partial charge in [-0.2, -0.15) is 5.10 Å². The number of ether oxygens (including phenoxy) is 1. The Morgan fingerprint density at radius 2 is 1.94 bits per heavy atom. The third-order valence-corrected chi connectivity index (χ3v) is 4.93. The molecule has 32 heavy (non-hydrogen) atoms. The first-order valence-electron chi connectivity index (χ1n) is 9.77. The molecule has 1 aromatic carbocycles. The lowest BCUT2D eigenvalue weighted by molar-refractivity contribution is -0.274. The zero-order chi connectivity index (χ0) is 23.5. The Hall–Kier alpha value is -3.76. The molecule has 11 heteroatoms. The highest BCUT2D eigenvalue weighted by molar-refractivity contribution is 5.99. The molecule has 2 aromatic heterocycles. The number of hydrogen-bond donors (Lipinski definition) is 2. The SMILES string of the molecule is CC[C@H](C)N(Cc1ccn2ncc(C(N)=O)c2c1)C(=O)Nc1ccc(OC(F)(F)F)cc1. The van der Waals surface area contributed by atoms with Crippen molar-refractivity contribution in [2.75, 3.05) is 5.32 Å². The number of rotatable bonds is 7. The van der Waals surface area contributed by atoms with Gasteiger partial charge in [-0.3, -0.25) is 4.79 Å². The molecule has 3 amide bonds. The molecule has 0 spiro atoms. The first-order valence-corrected chi connectivity index (χ1v) is 9.77. The number of pyridine rings is 1. The topological polar surface area (TPSA) is 102 Å². The van der Waals surface area contributed by atoms with Crippen molar-refractivity contribution < 1.29 is 27.5 Å². The number of halogens is 3. The third kappa shape index (κ3) is 5.48. The monoisotopic (exact) mass is 449 g/mol. The fraction of sp³-hybridized carbons (Fsp3) is 0.286. The second kappa shape index (κ2) is 9.16. The van der Waals surface area contributed by atoms with Gasteiger partial charge in [-0.25, -0.2) is 9.31 Å². The van der Waals surface area contributed by atoms with Gasteiger partial charge in [-0.1, -0.05) is 6.92 Å². The van der Waals surface area contributed by atoms with E-state index in [1.165, 1.54) is 22.8 Å². The van der Waals surface area contributed by atoms with Gasteiger partial charge in [0.15, 0.2) is 0 Å². The number of fused-ring (bicyclic) bond motifs is 1. The van der Waals surface area contributed by atoms with Crippen molar-refractivity contribution in [3.63, 3.8) is 0 Å². The van der Waals surface area contributed by atoms with E-state index >= 15 is 0 Å². The molecule has 2 heterocycles. The van der Waals surface area contributed by atoms with E-state index in [0.29, 0.717) is 17.6 Å². The molecule has 3 N–H and O–H groups in total. The molecule has 3 aromatic rings. The maximum Gasteiger partial charge on any atom is 0.573 e. The van der Waals surface area contributed by atoms with Crippen molar-refractivity contribution in [3.8, 4) is 5.75 Å². The number of hydrogen-bond acceptors (Lipinski definition) is 4. The van der Waals surface area contributed by atoms with Gasteiger partial charge in [0.25, 0.3) is 5.91 Å². The summed E-state index contributed by atoms with van der Waals surface area (Å²) in [5, 5.41) is 6.76. The molecule has 170 valence electrons. The highest BCUT2D eigenvalue weighted by atomic mass is 19.4. The van der Waals surface area contributed by atoms with Crippen molar-refractivity contribution >= 4 is 23.1 Å². The number of aromatic nitrogens is 2. The molecule has 0 aliphatic heterocycles. The van der Waals surface area contributed by atoms with Crippen LogP contribution in [0.25, 0.3) is 5.52 Å². The van der Waals surface area contributed by atoms with Gasteiger partial charge in [0.2, 0.25) is 0 Å². The van der Waals surface area contributed by atoms with E-state index in [1.54, 1.807) is 23.2 Å². The lowest BCUT2D eigenvalue weighted by Crippen LogP contribution is -2.40. The van der Waals surface area contributed by atoms with Crippen molar-refractivity contribution in [1.82, 2.24) is 14.5 Å². The third-order valence-electron chi connectivity index (χ3n) is 4.93. The van der Waals surface area contributed by atoms with Crippen LogP contribution in [0.2, 0.25) is 0 Å². The fourth-order valence-corrected chi connectivity index (χ4v) is 3.09. The number of alkyl halides is 3. The predicted octanol–water partition coefficient (Wildman–Crippen LogP) is 4.16. The van der Waals surface area contributed by atoms with Crippen molar-refractivity contribution in [2.45, 2.75) is 39.2 Å². The zero-order valence-electron chi connectivity index (χ0n) is 17.4. The van der Waals surface area contributed by atoms with Gasteiger partial charge in [0.05, 0.1) is 17.3 Å². The van der Waals surface area contributed by atoms with Crippen LogP contribution in [-0.2, 0) is 6.54 Å². The highest BCUT2D eigenvalue weighted by Crippen LogP contribution is 2.24. The Labute approximate surface area is 181 Å². The molecule has 0 aliphatic rings. The number of carbonyl (C=O) groups excluding carboxylic acids is 2. The number of nitrogens with one attached hydrogen (secondary N) is 1. The fourth-order valence-electron chi connectivity index (χ4n) is 3.09. The van der Waals surface area contributed by atoms with E-state index in [4.69, 9.17) is 5.73 Å². The number of nitrogens with zero attached hydrogens (tertiary/aromatic N) is 3. The van der Waals surface area contributed by atoms with Gasteiger partial charge in [-0.05, 0) is 55.3 Å². The number of primary amides is 1. The number of anilines is 1. The molecule has 0 fully saturated rings. The quantitative estimate of drug-likeness (QED) is 0.565. The Kier molecular flexibility index (Phi) is 6.56. The second-order valence-electron chi connectivity index (χ2n) is 7.17. The Morgan fingerprint density at radius 3 is 2.53 bits per heavy atom. The van der Waals surface area contributed by atoms with Crippen LogP contribution in [0.4, 0.5) is 23.7 Å². The molecule has 0 radical (unpaired) electrons. The Morgan fingerprint density at radius 1 is 1.25 bits per heavy atom. The summed E-state index contributed by atoms with van der Waals surface area (Å²) in [6.07, 6.45) is -1.06. The summed E-state index contributed by atoms with van der Waals surface area (Å²) in [6, 6.07) is 7.84. The summed E-state index contributed by atoms with van der Waals surface area (Å²) in [6.45, 7) is 4.04. The van der Waals surface area contributed by atoms with E-state index in [1.807, 2.05) is 13.8 Å². The molecular formula is C21H22F3N5O3. The highest BCUT2D eigenvalue weighted by Gasteiger charge is 2.31. The van der Waals surface area contributed by atoms with E-state index in [9.17, 15) is 22.8 Å². The van der Waals surface area contributed by atoms with E-state index in [-0.39, 0.29) is 23.9 Å². The number of nitrogens with two attached hydrogens (primary N) is 1. The number of amides is 3. The standard InChI is InChI=1S/C21H22F3N5O3/c1-3-13(2)28(12-14-8-9-29-18(10-14)17(11-26-29)19(25)30)20(31)27-15-4-6-16(7-5-15)32-21(22,23)24/h4-11,13H,3,12H2,1-2H3,(H2,25,30)(H,27,31)/t13-/m0/s1. The van der Waals surface area contributed by atoms with E-state index < -0.39 is 18.3 Å². The molecule has 0 saturated heterocycles. The number of carbonyl (C=O) groups is 2. The molecule has 0 aliphatic carbocycles. The van der Waals surface area contributed by atoms with Crippen molar-refractivity contribution in [1.29, 1.82) is 0 Å². The minimum absolute atomic E-state index is 0.139. The summed E-state index contributed by atoms with van der Waals surface area (Å²) in [7, 11) is 0. The first kappa shape index (κ1) is 22.9. The van der Waals surface area contributed by atoms with Crippen LogP contribution in [0.1, 0.15) is 36.2 Å². The average molecular weight is 449 g/mol. The Balaban J connectivity index is 1.78. The summed E-state index contributed by atoms with van der Waals surface area (Å²) >= 11 is 0. The van der Waals surface area contributed by atoms with Gasteiger partial charge < -0.3 is 20.7 Å². The maximum absolute atomic E-state index is 12.9. The summed E-state index contributed by atoms with van der Waals surface area (Å²) < 4.78 is 42.3. The van der Waals surface area contributed by atoms with E-state index in [2.05, 4.69) is 15.2 Å². The summed E-state index contributed by atoms with van der Waals surface area (Å²) in [5.74, 6) is -0.986. The lowest BCUT2D eigenvalue weighted by atomic mass is 10.1. The van der Waals surface area contributed by atoms with Crippen LogP contribution in [-0.4, -0.2) is 38.9 Å².